The quantitative estimate of drug-likeness (QED) is 0.925. The van der Waals surface area contributed by atoms with Crippen molar-refractivity contribution in [3.05, 3.63) is 60.2 Å². The van der Waals surface area contributed by atoms with Crippen molar-refractivity contribution in [2.45, 2.75) is 5.72 Å². The SMILES string of the molecule is OC1(c2ccc(-c3ccccc3)cc2)CSC2=NCCN21. The highest BCUT2D eigenvalue weighted by Crippen LogP contribution is 2.40. The minimum absolute atomic E-state index is 0.649. The summed E-state index contributed by atoms with van der Waals surface area (Å²) in [6, 6.07) is 18.5. The van der Waals surface area contributed by atoms with E-state index in [-0.39, 0.29) is 0 Å². The highest BCUT2D eigenvalue weighted by molar-refractivity contribution is 8.14. The van der Waals surface area contributed by atoms with Gasteiger partial charge in [-0.05, 0) is 11.1 Å². The molecule has 0 amide bonds. The van der Waals surface area contributed by atoms with E-state index in [1.165, 1.54) is 11.1 Å². The Kier molecular flexibility index (Phi) is 3.01. The molecule has 1 atom stereocenters. The van der Waals surface area contributed by atoms with Crippen LogP contribution in [0.15, 0.2) is 59.6 Å². The monoisotopic (exact) mass is 296 g/mol. The van der Waals surface area contributed by atoms with Crippen molar-refractivity contribution in [2.75, 3.05) is 18.8 Å². The highest BCUT2D eigenvalue weighted by Gasteiger charge is 2.46. The van der Waals surface area contributed by atoms with Gasteiger partial charge in [0, 0.05) is 12.1 Å². The number of aliphatic imine (C=N–C) groups is 1. The maximum atomic E-state index is 11.0. The van der Waals surface area contributed by atoms with Crippen molar-refractivity contribution >= 4 is 16.9 Å². The first-order valence-corrected chi connectivity index (χ1v) is 8.09. The Hall–Kier alpha value is -1.78. The number of fused-ring (bicyclic) bond motifs is 1. The van der Waals surface area contributed by atoms with E-state index < -0.39 is 5.72 Å². The van der Waals surface area contributed by atoms with Crippen LogP contribution in [-0.4, -0.2) is 34.0 Å². The molecule has 0 bridgehead atoms. The van der Waals surface area contributed by atoms with E-state index in [0.717, 1.165) is 23.8 Å². The van der Waals surface area contributed by atoms with Crippen molar-refractivity contribution in [1.29, 1.82) is 0 Å². The highest BCUT2D eigenvalue weighted by atomic mass is 32.2. The molecule has 0 aliphatic carbocycles. The van der Waals surface area contributed by atoms with Crippen LogP contribution < -0.4 is 0 Å². The average Bonchev–Trinajstić information content (AvgIpc) is 3.13. The molecule has 0 aromatic heterocycles. The molecule has 0 radical (unpaired) electrons. The standard InChI is InChI=1S/C17H16N2OS/c20-17(12-21-16-18-10-11-19(16)17)15-8-6-14(7-9-15)13-4-2-1-3-5-13/h1-9,20H,10-12H2. The van der Waals surface area contributed by atoms with Crippen LogP contribution in [0.3, 0.4) is 0 Å². The van der Waals surface area contributed by atoms with E-state index in [0.29, 0.717) is 5.75 Å². The number of aliphatic hydroxyl groups is 1. The van der Waals surface area contributed by atoms with Gasteiger partial charge >= 0.3 is 0 Å². The zero-order chi connectivity index (χ0) is 14.3. The van der Waals surface area contributed by atoms with Crippen LogP contribution in [0.2, 0.25) is 0 Å². The lowest BCUT2D eigenvalue weighted by molar-refractivity contribution is -0.0425. The maximum absolute atomic E-state index is 11.0. The molecule has 2 aliphatic heterocycles. The average molecular weight is 296 g/mol. The van der Waals surface area contributed by atoms with E-state index in [1.54, 1.807) is 11.8 Å². The lowest BCUT2D eigenvalue weighted by Gasteiger charge is -2.32. The third-order valence-corrected chi connectivity index (χ3v) is 5.26. The molecule has 4 rings (SSSR count). The normalized spacial score (nSPS) is 24.0. The number of benzene rings is 2. The molecule has 1 N–H and O–H groups in total. The summed E-state index contributed by atoms with van der Waals surface area (Å²) in [7, 11) is 0. The second-order valence-corrected chi connectivity index (χ2v) is 6.31. The zero-order valence-electron chi connectivity index (χ0n) is 11.6. The topological polar surface area (TPSA) is 35.8 Å². The Balaban J connectivity index is 1.67. The van der Waals surface area contributed by atoms with Crippen LogP contribution in [-0.2, 0) is 5.72 Å². The Bertz CT molecular complexity index is 684. The van der Waals surface area contributed by atoms with Gasteiger partial charge in [0.1, 0.15) is 0 Å². The zero-order valence-corrected chi connectivity index (χ0v) is 12.4. The molecule has 2 aromatic carbocycles. The van der Waals surface area contributed by atoms with Gasteiger partial charge in [0.2, 0.25) is 0 Å². The fourth-order valence-corrected chi connectivity index (χ4v) is 4.17. The summed E-state index contributed by atoms with van der Waals surface area (Å²) in [5.74, 6) is 0.649. The molecular formula is C17H16N2OS. The molecule has 1 saturated heterocycles. The van der Waals surface area contributed by atoms with Crippen molar-refractivity contribution < 1.29 is 5.11 Å². The Morgan fingerprint density at radius 1 is 1.00 bits per heavy atom. The molecule has 0 saturated carbocycles. The van der Waals surface area contributed by atoms with Crippen molar-refractivity contribution in [3.8, 4) is 11.1 Å². The van der Waals surface area contributed by atoms with Gasteiger partial charge in [0.05, 0.1) is 12.3 Å². The van der Waals surface area contributed by atoms with E-state index in [4.69, 9.17) is 0 Å². The van der Waals surface area contributed by atoms with Crippen LogP contribution in [0.1, 0.15) is 5.56 Å². The van der Waals surface area contributed by atoms with Gasteiger partial charge in [-0.1, -0.05) is 66.4 Å². The third-order valence-electron chi connectivity index (χ3n) is 4.10. The number of hydrogen-bond donors (Lipinski definition) is 1. The van der Waals surface area contributed by atoms with E-state index in [9.17, 15) is 5.11 Å². The molecule has 0 spiro atoms. The number of nitrogens with zero attached hydrogens (tertiary/aromatic N) is 2. The fraction of sp³-hybridized carbons (Fsp3) is 0.235. The van der Waals surface area contributed by atoms with Gasteiger partial charge < -0.3 is 10.0 Å². The molecular weight excluding hydrogens is 280 g/mol. The molecule has 2 aliphatic rings. The van der Waals surface area contributed by atoms with Crippen LogP contribution in [0.5, 0.6) is 0 Å². The predicted octanol–water partition coefficient (Wildman–Crippen LogP) is 2.92. The molecule has 2 heterocycles. The minimum atomic E-state index is -0.908. The summed E-state index contributed by atoms with van der Waals surface area (Å²) in [4.78, 5) is 6.45. The van der Waals surface area contributed by atoms with Crippen LogP contribution >= 0.6 is 11.8 Å². The minimum Gasteiger partial charge on any atom is -0.366 e. The number of hydrogen-bond acceptors (Lipinski definition) is 4. The molecule has 3 nitrogen and oxygen atoms in total. The molecule has 1 unspecified atom stereocenters. The first-order chi connectivity index (χ1) is 10.3. The number of amidine groups is 1. The summed E-state index contributed by atoms with van der Waals surface area (Å²) in [5, 5.41) is 12.0. The molecule has 1 fully saturated rings. The molecule has 4 heteroatoms. The van der Waals surface area contributed by atoms with Crippen molar-refractivity contribution in [2.24, 2.45) is 4.99 Å². The summed E-state index contributed by atoms with van der Waals surface area (Å²) in [6.07, 6.45) is 0. The molecule has 106 valence electrons. The second-order valence-electron chi connectivity index (χ2n) is 5.36. The summed E-state index contributed by atoms with van der Waals surface area (Å²) >= 11 is 1.64. The van der Waals surface area contributed by atoms with Crippen molar-refractivity contribution in [3.63, 3.8) is 0 Å². The summed E-state index contributed by atoms with van der Waals surface area (Å²) in [6.45, 7) is 1.59. The van der Waals surface area contributed by atoms with Gasteiger partial charge in [-0.3, -0.25) is 4.99 Å². The van der Waals surface area contributed by atoms with Crippen LogP contribution in [0.25, 0.3) is 11.1 Å². The number of thioether (sulfide) groups is 1. The first-order valence-electron chi connectivity index (χ1n) is 7.11. The third kappa shape index (κ3) is 2.06. The van der Waals surface area contributed by atoms with Gasteiger partial charge in [-0.2, -0.15) is 0 Å². The second kappa shape index (κ2) is 4.90. The van der Waals surface area contributed by atoms with Gasteiger partial charge in [0.25, 0.3) is 0 Å². The van der Waals surface area contributed by atoms with Gasteiger partial charge in [0.15, 0.2) is 10.9 Å². The Morgan fingerprint density at radius 3 is 2.48 bits per heavy atom. The molecule has 2 aromatic rings. The lowest BCUT2D eigenvalue weighted by atomic mass is 9.98. The summed E-state index contributed by atoms with van der Waals surface area (Å²) < 4.78 is 0. The van der Waals surface area contributed by atoms with Gasteiger partial charge in [-0.25, -0.2) is 0 Å². The number of rotatable bonds is 2. The fourth-order valence-electron chi connectivity index (χ4n) is 2.94. The maximum Gasteiger partial charge on any atom is 0.175 e. The largest absolute Gasteiger partial charge is 0.366 e. The van der Waals surface area contributed by atoms with E-state index in [1.807, 2.05) is 35.2 Å². The van der Waals surface area contributed by atoms with Crippen LogP contribution in [0, 0.1) is 0 Å². The Labute approximate surface area is 128 Å². The lowest BCUT2D eigenvalue weighted by Crippen LogP contribution is -2.43. The van der Waals surface area contributed by atoms with Crippen molar-refractivity contribution in [1.82, 2.24) is 4.90 Å². The predicted molar refractivity (Wildman–Crippen MR) is 87.2 cm³/mol. The van der Waals surface area contributed by atoms with E-state index >= 15 is 0 Å². The van der Waals surface area contributed by atoms with Gasteiger partial charge in [-0.15, -0.1) is 0 Å². The Morgan fingerprint density at radius 2 is 1.71 bits per heavy atom. The molecule has 21 heavy (non-hydrogen) atoms. The first kappa shape index (κ1) is 12.9. The summed E-state index contributed by atoms with van der Waals surface area (Å²) in [5.41, 5.74) is 2.40. The van der Waals surface area contributed by atoms with Crippen LogP contribution in [0.4, 0.5) is 0 Å². The smallest absolute Gasteiger partial charge is 0.175 e. The van der Waals surface area contributed by atoms with E-state index in [2.05, 4.69) is 29.3 Å².